The predicted molar refractivity (Wildman–Crippen MR) is 75.6 cm³/mol. The molecular weight excluding hydrogens is 222 g/mol. The van der Waals surface area contributed by atoms with Crippen molar-refractivity contribution in [3.63, 3.8) is 0 Å². The van der Waals surface area contributed by atoms with Crippen LogP contribution in [0.4, 0.5) is 17.3 Å². The average molecular weight is 239 g/mol. The van der Waals surface area contributed by atoms with Crippen LogP contribution in [0.3, 0.4) is 0 Å². The van der Waals surface area contributed by atoms with Crippen LogP contribution in [0.2, 0.25) is 0 Å². The molecule has 0 bridgehead atoms. The SMILES string of the molecule is CNc1cccc(N2CCCc3ccccc32)n1. The molecule has 0 unspecified atom stereocenters. The molecule has 18 heavy (non-hydrogen) atoms. The number of rotatable bonds is 2. The molecule has 2 aromatic rings. The maximum Gasteiger partial charge on any atom is 0.135 e. The molecule has 2 heterocycles. The Kier molecular flexibility index (Phi) is 2.89. The van der Waals surface area contributed by atoms with Crippen LogP contribution in [0, 0.1) is 0 Å². The number of para-hydroxylation sites is 1. The first-order valence-electron chi connectivity index (χ1n) is 6.39. The largest absolute Gasteiger partial charge is 0.373 e. The lowest BCUT2D eigenvalue weighted by atomic mass is 10.0. The number of aromatic nitrogens is 1. The maximum absolute atomic E-state index is 4.63. The summed E-state index contributed by atoms with van der Waals surface area (Å²) in [4.78, 5) is 6.93. The van der Waals surface area contributed by atoms with E-state index in [1.807, 2.05) is 19.2 Å². The molecule has 1 aromatic carbocycles. The monoisotopic (exact) mass is 239 g/mol. The minimum absolute atomic E-state index is 0.913. The lowest BCUT2D eigenvalue weighted by molar-refractivity contribution is 0.760. The van der Waals surface area contributed by atoms with Gasteiger partial charge >= 0.3 is 0 Å². The number of nitrogens with zero attached hydrogens (tertiary/aromatic N) is 2. The van der Waals surface area contributed by atoms with Crippen LogP contribution < -0.4 is 10.2 Å². The van der Waals surface area contributed by atoms with Crippen molar-refractivity contribution in [1.29, 1.82) is 0 Å². The second kappa shape index (κ2) is 4.69. The van der Waals surface area contributed by atoms with Gasteiger partial charge in [0.25, 0.3) is 0 Å². The van der Waals surface area contributed by atoms with Crippen LogP contribution in [0.15, 0.2) is 42.5 Å². The molecule has 0 fully saturated rings. The van der Waals surface area contributed by atoms with E-state index >= 15 is 0 Å². The zero-order valence-corrected chi connectivity index (χ0v) is 10.6. The molecule has 3 heteroatoms. The first-order chi connectivity index (χ1) is 8.88. The Morgan fingerprint density at radius 2 is 2.00 bits per heavy atom. The molecule has 0 aliphatic carbocycles. The summed E-state index contributed by atoms with van der Waals surface area (Å²) in [6.45, 7) is 1.04. The van der Waals surface area contributed by atoms with E-state index in [-0.39, 0.29) is 0 Å². The van der Waals surface area contributed by atoms with Gasteiger partial charge in [-0.25, -0.2) is 4.98 Å². The Hall–Kier alpha value is -2.03. The van der Waals surface area contributed by atoms with Crippen LogP contribution >= 0.6 is 0 Å². The molecule has 0 saturated carbocycles. The van der Waals surface area contributed by atoms with Gasteiger partial charge in [-0.15, -0.1) is 0 Å². The Bertz CT molecular complexity index is 551. The molecule has 0 atom stereocenters. The molecule has 1 aromatic heterocycles. The van der Waals surface area contributed by atoms with Gasteiger partial charge in [-0.1, -0.05) is 24.3 Å². The fraction of sp³-hybridized carbons (Fsp3) is 0.267. The van der Waals surface area contributed by atoms with Gasteiger partial charge in [0.15, 0.2) is 0 Å². The van der Waals surface area contributed by atoms with Gasteiger partial charge in [0.2, 0.25) is 0 Å². The van der Waals surface area contributed by atoms with Crippen molar-refractivity contribution in [2.45, 2.75) is 12.8 Å². The quantitative estimate of drug-likeness (QED) is 0.872. The second-order valence-electron chi connectivity index (χ2n) is 4.51. The van der Waals surface area contributed by atoms with Gasteiger partial charge in [-0.2, -0.15) is 0 Å². The molecule has 92 valence electrons. The normalized spacial score (nSPS) is 14.2. The third-order valence-corrected chi connectivity index (χ3v) is 3.38. The number of nitrogens with one attached hydrogen (secondary N) is 1. The first kappa shape index (κ1) is 11.1. The molecule has 3 rings (SSSR count). The number of anilines is 3. The van der Waals surface area contributed by atoms with Crippen LogP contribution in [0.25, 0.3) is 0 Å². The Morgan fingerprint density at radius 3 is 2.89 bits per heavy atom. The summed E-state index contributed by atoms with van der Waals surface area (Å²) in [7, 11) is 1.90. The van der Waals surface area contributed by atoms with Crippen LogP contribution in [-0.2, 0) is 6.42 Å². The average Bonchev–Trinajstić information content (AvgIpc) is 2.47. The number of hydrogen-bond donors (Lipinski definition) is 1. The summed E-state index contributed by atoms with van der Waals surface area (Å²) < 4.78 is 0. The third kappa shape index (κ3) is 1.92. The highest BCUT2D eigenvalue weighted by Gasteiger charge is 2.18. The van der Waals surface area contributed by atoms with E-state index in [0.29, 0.717) is 0 Å². The smallest absolute Gasteiger partial charge is 0.135 e. The highest BCUT2D eigenvalue weighted by molar-refractivity contribution is 5.66. The summed E-state index contributed by atoms with van der Waals surface area (Å²) in [5.74, 6) is 1.93. The van der Waals surface area contributed by atoms with Gasteiger partial charge in [0, 0.05) is 19.3 Å². The van der Waals surface area contributed by atoms with Crippen molar-refractivity contribution >= 4 is 17.3 Å². The van der Waals surface area contributed by atoms with Gasteiger partial charge in [0.1, 0.15) is 11.6 Å². The topological polar surface area (TPSA) is 28.2 Å². The van der Waals surface area contributed by atoms with Crippen molar-refractivity contribution in [3.8, 4) is 0 Å². The standard InChI is InChI=1S/C15H17N3/c1-16-14-9-4-10-15(17-14)18-11-5-7-12-6-2-3-8-13(12)18/h2-4,6,8-10H,5,7,11H2,1H3,(H,16,17). The van der Waals surface area contributed by atoms with E-state index in [1.165, 1.54) is 24.1 Å². The lowest BCUT2D eigenvalue weighted by Gasteiger charge is -2.30. The van der Waals surface area contributed by atoms with Gasteiger partial charge < -0.3 is 10.2 Å². The molecule has 0 radical (unpaired) electrons. The summed E-state index contributed by atoms with van der Waals surface area (Å²) in [5, 5.41) is 3.09. The summed E-state index contributed by atoms with van der Waals surface area (Å²) in [6.07, 6.45) is 2.35. The van der Waals surface area contributed by atoms with Gasteiger partial charge in [0.05, 0.1) is 0 Å². The third-order valence-electron chi connectivity index (χ3n) is 3.38. The van der Waals surface area contributed by atoms with E-state index < -0.39 is 0 Å². The minimum Gasteiger partial charge on any atom is -0.373 e. The van der Waals surface area contributed by atoms with E-state index in [2.05, 4.69) is 45.5 Å². The van der Waals surface area contributed by atoms with E-state index in [0.717, 1.165) is 18.2 Å². The molecule has 3 nitrogen and oxygen atoms in total. The maximum atomic E-state index is 4.63. The summed E-state index contributed by atoms with van der Waals surface area (Å²) >= 11 is 0. The number of benzene rings is 1. The van der Waals surface area contributed by atoms with E-state index in [9.17, 15) is 0 Å². The van der Waals surface area contributed by atoms with Crippen LogP contribution in [0.1, 0.15) is 12.0 Å². The van der Waals surface area contributed by atoms with Gasteiger partial charge in [-0.05, 0) is 36.6 Å². The second-order valence-corrected chi connectivity index (χ2v) is 4.51. The minimum atomic E-state index is 0.913. The van der Waals surface area contributed by atoms with Gasteiger partial charge in [-0.3, -0.25) is 0 Å². The van der Waals surface area contributed by atoms with Crippen LogP contribution in [0.5, 0.6) is 0 Å². The Morgan fingerprint density at radius 1 is 1.11 bits per heavy atom. The van der Waals surface area contributed by atoms with Crippen LogP contribution in [-0.4, -0.2) is 18.6 Å². The first-order valence-corrected chi connectivity index (χ1v) is 6.39. The highest BCUT2D eigenvalue weighted by atomic mass is 15.2. The molecule has 0 amide bonds. The zero-order chi connectivity index (χ0) is 12.4. The van der Waals surface area contributed by atoms with E-state index in [1.54, 1.807) is 0 Å². The number of fused-ring (bicyclic) bond motifs is 1. The van der Waals surface area contributed by atoms with Crippen molar-refractivity contribution in [1.82, 2.24) is 4.98 Å². The van der Waals surface area contributed by atoms with Crippen molar-refractivity contribution < 1.29 is 0 Å². The Labute approximate surface area is 107 Å². The summed E-state index contributed by atoms with van der Waals surface area (Å²) in [5.41, 5.74) is 2.71. The highest BCUT2D eigenvalue weighted by Crippen LogP contribution is 2.32. The Balaban J connectivity index is 2.02. The number of hydrogen-bond acceptors (Lipinski definition) is 3. The van der Waals surface area contributed by atoms with Crippen molar-refractivity contribution in [2.75, 3.05) is 23.8 Å². The number of pyridine rings is 1. The molecule has 0 spiro atoms. The van der Waals surface area contributed by atoms with Crippen molar-refractivity contribution in [2.24, 2.45) is 0 Å². The van der Waals surface area contributed by atoms with E-state index in [4.69, 9.17) is 0 Å². The number of aryl methyl sites for hydroxylation is 1. The zero-order valence-electron chi connectivity index (χ0n) is 10.6. The molecule has 0 saturated heterocycles. The molecule has 1 N–H and O–H groups in total. The fourth-order valence-corrected chi connectivity index (χ4v) is 2.48. The predicted octanol–water partition coefficient (Wildman–Crippen LogP) is 3.21. The molecule has 1 aliphatic rings. The fourth-order valence-electron chi connectivity index (χ4n) is 2.48. The molecule has 1 aliphatic heterocycles. The van der Waals surface area contributed by atoms with Crippen molar-refractivity contribution in [3.05, 3.63) is 48.0 Å². The summed E-state index contributed by atoms with van der Waals surface area (Å²) in [6, 6.07) is 14.7. The lowest BCUT2D eigenvalue weighted by Crippen LogP contribution is -2.25. The molecular formula is C15H17N3.